The molecule has 6 heteroatoms. The Morgan fingerprint density at radius 2 is 1.18 bits per heavy atom. The topological polar surface area (TPSA) is 82.1 Å². The van der Waals surface area contributed by atoms with Gasteiger partial charge in [-0.05, 0) is 56.9 Å². The second-order valence-corrected chi connectivity index (χ2v) is 6.22. The van der Waals surface area contributed by atoms with Crippen molar-refractivity contribution >= 4 is 11.9 Å². The molecule has 1 N–H and O–H groups in total. The maximum atomic E-state index is 11.1. The summed E-state index contributed by atoms with van der Waals surface area (Å²) in [5.74, 6) is 0.151. The van der Waals surface area contributed by atoms with E-state index in [1.807, 2.05) is 64.1 Å². The van der Waals surface area contributed by atoms with Crippen molar-refractivity contribution in [3.05, 3.63) is 58.7 Å². The average Bonchev–Trinajstić information content (AvgIpc) is 2.61. The SMILES string of the molecule is CCOC(=O)COc1c(C)cccc1C.Cc1cccc(C)c1OCC(=O)O. The maximum Gasteiger partial charge on any atom is 0.344 e. The number of carbonyl (C=O) groups is 2. The summed E-state index contributed by atoms with van der Waals surface area (Å²) in [7, 11) is 0. The summed E-state index contributed by atoms with van der Waals surface area (Å²) >= 11 is 0. The van der Waals surface area contributed by atoms with Gasteiger partial charge in [0.05, 0.1) is 6.61 Å². The number of rotatable bonds is 7. The van der Waals surface area contributed by atoms with Crippen molar-refractivity contribution in [1.82, 2.24) is 0 Å². The van der Waals surface area contributed by atoms with E-state index in [0.29, 0.717) is 12.4 Å². The van der Waals surface area contributed by atoms with E-state index in [4.69, 9.17) is 19.3 Å². The van der Waals surface area contributed by atoms with Gasteiger partial charge in [-0.25, -0.2) is 9.59 Å². The van der Waals surface area contributed by atoms with E-state index < -0.39 is 5.97 Å². The Labute approximate surface area is 166 Å². The molecule has 0 unspecified atom stereocenters. The van der Waals surface area contributed by atoms with Gasteiger partial charge in [-0.15, -0.1) is 0 Å². The quantitative estimate of drug-likeness (QED) is 0.722. The fraction of sp³-hybridized carbons (Fsp3) is 0.364. The number of carboxylic acid groups (broad SMARTS) is 1. The van der Waals surface area contributed by atoms with E-state index in [1.54, 1.807) is 6.92 Å². The Morgan fingerprint density at radius 1 is 0.786 bits per heavy atom. The second kappa shape index (κ2) is 11.6. The summed E-state index contributed by atoms with van der Waals surface area (Å²) in [4.78, 5) is 21.4. The van der Waals surface area contributed by atoms with Gasteiger partial charge in [0.2, 0.25) is 0 Å². The van der Waals surface area contributed by atoms with Gasteiger partial charge in [-0.2, -0.15) is 0 Å². The summed E-state index contributed by atoms with van der Waals surface area (Å²) in [5, 5.41) is 8.43. The number of para-hydroxylation sites is 2. The Morgan fingerprint density at radius 3 is 1.54 bits per heavy atom. The van der Waals surface area contributed by atoms with Crippen LogP contribution in [0.4, 0.5) is 0 Å². The Bertz CT molecular complexity index is 757. The predicted octanol–water partition coefficient (Wildman–Crippen LogP) is 4.01. The molecule has 0 aliphatic heterocycles. The molecule has 0 spiro atoms. The normalized spacial score (nSPS) is 9.75. The van der Waals surface area contributed by atoms with Crippen molar-refractivity contribution in [2.45, 2.75) is 34.6 Å². The molecule has 2 aromatic rings. The smallest absolute Gasteiger partial charge is 0.344 e. The molecular formula is C22H28O6. The van der Waals surface area contributed by atoms with Crippen molar-refractivity contribution in [3.63, 3.8) is 0 Å². The van der Waals surface area contributed by atoms with Crippen LogP contribution < -0.4 is 9.47 Å². The number of hydrogen-bond donors (Lipinski definition) is 1. The molecule has 0 bridgehead atoms. The Balaban J connectivity index is 0.000000283. The molecule has 0 saturated heterocycles. The molecule has 0 fully saturated rings. The summed E-state index contributed by atoms with van der Waals surface area (Å²) in [6.07, 6.45) is 0. The van der Waals surface area contributed by atoms with Gasteiger partial charge in [0.1, 0.15) is 11.5 Å². The van der Waals surface area contributed by atoms with Gasteiger partial charge in [0, 0.05) is 0 Å². The van der Waals surface area contributed by atoms with Crippen LogP contribution in [0.15, 0.2) is 36.4 Å². The van der Waals surface area contributed by atoms with Crippen LogP contribution in [-0.2, 0) is 14.3 Å². The lowest BCUT2D eigenvalue weighted by Gasteiger charge is -2.10. The summed E-state index contributed by atoms with van der Waals surface area (Å²) < 4.78 is 15.3. The second-order valence-electron chi connectivity index (χ2n) is 6.22. The minimum atomic E-state index is -0.956. The van der Waals surface area contributed by atoms with Crippen LogP contribution in [-0.4, -0.2) is 36.9 Å². The van der Waals surface area contributed by atoms with Crippen molar-refractivity contribution in [3.8, 4) is 11.5 Å². The molecule has 0 saturated carbocycles. The van der Waals surface area contributed by atoms with Gasteiger partial charge in [-0.1, -0.05) is 36.4 Å². The molecule has 2 rings (SSSR count). The van der Waals surface area contributed by atoms with Gasteiger partial charge < -0.3 is 19.3 Å². The van der Waals surface area contributed by atoms with Crippen molar-refractivity contribution in [2.24, 2.45) is 0 Å². The first-order valence-corrected chi connectivity index (χ1v) is 9.01. The van der Waals surface area contributed by atoms with Crippen molar-refractivity contribution < 1.29 is 28.9 Å². The largest absolute Gasteiger partial charge is 0.481 e. The zero-order valence-electron chi connectivity index (χ0n) is 17.1. The zero-order valence-corrected chi connectivity index (χ0v) is 17.1. The lowest BCUT2D eigenvalue weighted by molar-refractivity contribution is -0.145. The lowest BCUT2D eigenvalue weighted by Crippen LogP contribution is -2.15. The first-order chi connectivity index (χ1) is 13.3. The maximum absolute atomic E-state index is 11.1. The number of carbonyl (C=O) groups excluding carboxylic acids is 1. The molecule has 0 aliphatic rings. The highest BCUT2D eigenvalue weighted by atomic mass is 16.6. The first-order valence-electron chi connectivity index (χ1n) is 9.01. The van der Waals surface area contributed by atoms with E-state index in [2.05, 4.69) is 0 Å². The molecule has 0 radical (unpaired) electrons. The Hall–Kier alpha value is -3.02. The third-order valence-electron chi connectivity index (χ3n) is 3.80. The van der Waals surface area contributed by atoms with Crippen LogP contribution in [0.5, 0.6) is 11.5 Å². The highest BCUT2D eigenvalue weighted by molar-refractivity contribution is 5.71. The third kappa shape index (κ3) is 7.70. The average molecular weight is 388 g/mol. The van der Waals surface area contributed by atoms with Crippen molar-refractivity contribution in [2.75, 3.05) is 19.8 Å². The fourth-order valence-electron chi connectivity index (χ4n) is 2.52. The molecule has 6 nitrogen and oxygen atoms in total. The lowest BCUT2D eigenvalue weighted by atomic mass is 10.1. The minimum absolute atomic E-state index is 0.0282. The van der Waals surface area contributed by atoms with Gasteiger partial charge >= 0.3 is 11.9 Å². The van der Waals surface area contributed by atoms with Crippen molar-refractivity contribution in [1.29, 1.82) is 0 Å². The number of aliphatic carboxylic acids is 1. The van der Waals surface area contributed by atoms with Gasteiger partial charge in [-0.3, -0.25) is 0 Å². The molecule has 0 atom stereocenters. The number of carboxylic acids is 1. The van der Waals surface area contributed by atoms with E-state index in [0.717, 1.165) is 28.0 Å². The highest BCUT2D eigenvalue weighted by Crippen LogP contribution is 2.22. The van der Waals surface area contributed by atoms with Crippen LogP contribution in [0.3, 0.4) is 0 Å². The molecule has 152 valence electrons. The Kier molecular flexibility index (Phi) is 9.57. The summed E-state index contributed by atoms with van der Waals surface area (Å²) in [5.41, 5.74) is 3.97. The summed E-state index contributed by atoms with van der Waals surface area (Å²) in [6.45, 7) is 9.53. The number of aryl methyl sites for hydroxylation is 4. The van der Waals surface area contributed by atoms with Crippen LogP contribution in [0, 0.1) is 27.7 Å². The molecular weight excluding hydrogens is 360 g/mol. The fourth-order valence-corrected chi connectivity index (χ4v) is 2.52. The number of hydrogen-bond acceptors (Lipinski definition) is 5. The highest BCUT2D eigenvalue weighted by Gasteiger charge is 2.07. The van der Waals surface area contributed by atoms with Crippen LogP contribution in [0.2, 0.25) is 0 Å². The monoisotopic (exact) mass is 388 g/mol. The van der Waals surface area contributed by atoms with Crippen LogP contribution in [0.25, 0.3) is 0 Å². The number of esters is 1. The van der Waals surface area contributed by atoms with Crippen LogP contribution in [0.1, 0.15) is 29.2 Å². The first kappa shape index (κ1) is 23.0. The predicted molar refractivity (Wildman–Crippen MR) is 107 cm³/mol. The van der Waals surface area contributed by atoms with E-state index in [1.165, 1.54) is 0 Å². The third-order valence-corrected chi connectivity index (χ3v) is 3.80. The van der Waals surface area contributed by atoms with E-state index >= 15 is 0 Å². The minimum Gasteiger partial charge on any atom is -0.481 e. The van der Waals surface area contributed by atoms with Gasteiger partial charge in [0.15, 0.2) is 13.2 Å². The molecule has 0 amide bonds. The molecule has 2 aromatic carbocycles. The summed E-state index contributed by atoms with van der Waals surface area (Å²) in [6, 6.07) is 11.6. The molecule has 28 heavy (non-hydrogen) atoms. The van der Waals surface area contributed by atoms with E-state index in [-0.39, 0.29) is 19.2 Å². The number of ether oxygens (including phenoxy) is 3. The standard InChI is InChI=1S/C12H16O3.C10H12O3/c1-4-14-11(13)8-15-12-9(2)6-5-7-10(12)3;1-7-4-3-5-8(2)10(7)13-6-9(11)12/h5-7H,4,8H2,1-3H3;3-5H,6H2,1-2H3,(H,11,12). The molecule has 0 aromatic heterocycles. The molecule has 0 heterocycles. The molecule has 0 aliphatic carbocycles. The zero-order chi connectivity index (χ0) is 21.1. The van der Waals surface area contributed by atoms with Gasteiger partial charge in [0.25, 0.3) is 0 Å². The van der Waals surface area contributed by atoms with E-state index in [9.17, 15) is 9.59 Å². The van der Waals surface area contributed by atoms with Crippen LogP contribution >= 0.6 is 0 Å². The number of benzene rings is 2.